The molecule has 0 saturated heterocycles. The molecule has 0 aliphatic rings. The molecule has 0 aliphatic carbocycles. The molecule has 2 aromatic rings. The second kappa shape index (κ2) is 13.2. The van der Waals surface area contributed by atoms with Crippen LogP contribution in [0.25, 0.3) is 17.7 Å². The van der Waals surface area contributed by atoms with Crippen molar-refractivity contribution >= 4 is 35.0 Å². The van der Waals surface area contributed by atoms with Gasteiger partial charge in [0.15, 0.2) is 5.75 Å². The molecule has 35 heavy (non-hydrogen) atoms. The first-order valence-electron chi connectivity index (χ1n) is 10.9. The highest BCUT2D eigenvalue weighted by Gasteiger charge is 2.17. The van der Waals surface area contributed by atoms with Crippen LogP contribution in [0.1, 0.15) is 30.7 Å². The van der Waals surface area contributed by atoms with Gasteiger partial charge in [0.25, 0.3) is 5.56 Å². The number of nitrogen functional groups attached to an aromatic ring is 1. The normalized spacial score (nSPS) is 11.8. The van der Waals surface area contributed by atoms with Gasteiger partial charge in [-0.3, -0.25) is 9.59 Å². The molecule has 7 heteroatoms. The maximum atomic E-state index is 13.3. The van der Waals surface area contributed by atoms with E-state index in [1.54, 1.807) is 42.5 Å². The third kappa shape index (κ3) is 6.91. The summed E-state index contributed by atoms with van der Waals surface area (Å²) in [5.41, 5.74) is 8.45. The van der Waals surface area contributed by atoms with Crippen LogP contribution in [-0.4, -0.2) is 15.7 Å². The van der Waals surface area contributed by atoms with Crippen LogP contribution < -0.4 is 21.3 Å². The summed E-state index contributed by atoms with van der Waals surface area (Å²) in [5.74, 6) is -0.0948. The Labute approximate surface area is 205 Å². The fourth-order valence-corrected chi connectivity index (χ4v) is 3.19. The molecular weight excluding hydrogens is 440 g/mol. The zero-order chi connectivity index (χ0) is 25.8. The van der Waals surface area contributed by atoms with Crippen LogP contribution in [0.15, 0.2) is 91.5 Å². The van der Waals surface area contributed by atoms with Crippen LogP contribution in [0.2, 0.25) is 0 Å². The summed E-state index contributed by atoms with van der Waals surface area (Å²) in [6.45, 7) is 14.5. The summed E-state index contributed by atoms with van der Waals surface area (Å²) in [7, 11) is 0. The van der Waals surface area contributed by atoms with Gasteiger partial charge < -0.3 is 15.8 Å². The number of carbonyl (C=O) groups is 1. The number of anilines is 2. The van der Waals surface area contributed by atoms with Crippen molar-refractivity contribution in [1.82, 2.24) is 9.78 Å². The number of rotatable bonds is 11. The second-order valence-corrected chi connectivity index (χ2v) is 7.17. The van der Waals surface area contributed by atoms with E-state index in [9.17, 15) is 9.59 Å². The van der Waals surface area contributed by atoms with E-state index >= 15 is 0 Å². The number of nitrogens with two attached hydrogens (primary N) is 1. The third-order valence-corrected chi connectivity index (χ3v) is 4.72. The maximum absolute atomic E-state index is 13.3. The summed E-state index contributed by atoms with van der Waals surface area (Å²) in [4.78, 5) is 26.1. The molecule has 1 aromatic carbocycles. The lowest BCUT2D eigenvalue weighted by Gasteiger charge is -2.14. The summed E-state index contributed by atoms with van der Waals surface area (Å²) in [6.07, 6.45) is 17.1. The van der Waals surface area contributed by atoms with Crippen molar-refractivity contribution in [2.45, 2.75) is 20.4 Å². The predicted octanol–water partition coefficient (Wildman–Crippen LogP) is 5.36. The molecule has 0 atom stereocenters. The number of nitrogens with zero attached hydrogens (tertiary/aromatic N) is 2. The van der Waals surface area contributed by atoms with E-state index in [2.05, 4.69) is 30.2 Å². The van der Waals surface area contributed by atoms with Gasteiger partial charge in [0, 0.05) is 22.9 Å². The number of hydrogen-bond donors (Lipinski definition) is 2. The zero-order valence-electron chi connectivity index (χ0n) is 20.0. The van der Waals surface area contributed by atoms with Crippen LogP contribution >= 0.6 is 0 Å². The largest absolute Gasteiger partial charge is 0.463 e. The Morgan fingerprint density at radius 1 is 1.17 bits per heavy atom. The number of carbonyl (C=O) groups excluding carboxylic acids is 1. The smallest absolute Gasteiger partial charge is 0.275 e. The van der Waals surface area contributed by atoms with Crippen molar-refractivity contribution < 1.29 is 9.53 Å². The molecule has 0 aliphatic heterocycles. The number of allylic oxidation sites excluding steroid dienone is 8. The molecule has 0 fully saturated rings. The van der Waals surface area contributed by atoms with Crippen LogP contribution in [0.5, 0.6) is 5.75 Å². The molecule has 3 N–H and O–H groups in total. The quantitative estimate of drug-likeness (QED) is 0.261. The molecule has 7 nitrogen and oxygen atoms in total. The van der Waals surface area contributed by atoms with Gasteiger partial charge in [-0.05, 0) is 32.1 Å². The van der Waals surface area contributed by atoms with Crippen molar-refractivity contribution in [3.05, 3.63) is 114 Å². The Bertz CT molecular complexity index is 1290. The number of benzene rings is 1. The Balaban J connectivity index is 2.58. The third-order valence-electron chi connectivity index (χ3n) is 4.72. The van der Waals surface area contributed by atoms with Gasteiger partial charge in [-0.15, -0.1) is 0 Å². The number of ether oxygens (including phenoxy) is 1. The van der Waals surface area contributed by atoms with Crippen LogP contribution in [0.4, 0.5) is 11.4 Å². The van der Waals surface area contributed by atoms with Gasteiger partial charge in [-0.2, -0.15) is 5.10 Å². The van der Waals surface area contributed by atoms with Gasteiger partial charge in [-0.1, -0.05) is 68.3 Å². The lowest BCUT2D eigenvalue weighted by Crippen LogP contribution is -2.32. The average molecular weight is 471 g/mol. The summed E-state index contributed by atoms with van der Waals surface area (Å²) in [5, 5.41) is 7.27. The molecule has 1 aromatic heterocycles. The zero-order valence-corrected chi connectivity index (χ0v) is 20.0. The SMILES string of the molecule is C=C/C=C\c1c(C=C)c(C(/C=C\C)=C/C=C\C)nn(CC(=O)Nc2ccc(N)c(OC=C)c2)c1=O. The van der Waals surface area contributed by atoms with Gasteiger partial charge >= 0.3 is 0 Å². The average Bonchev–Trinajstić information content (AvgIpc) is 2.84. The Morgan fingerprint density at radius 2 is 1.94 bits per heavy atom. The summed E-state index contributed by atoms with van der Waals surface area (Å²) < 4.78 is 6.38. The molecule has 180 valence electrons. The minimum Gasteiger partial charge on any atom is -0.463 e. The lowest BCUT2D eigenvalue weighted by molar-refractivity contribution is -0.117. The van der Waals surface area contributed by atoms with E-state index in [-0.39, 0.29) is 6.54 Å². The Kier molecular flexibility index (Phi) is 10.00. The van der Waals surface area contributed by atoms with Gasteiger partial charge in [0.05, 0.1) is 23.2 Å². The number of aromatic nitrogens is 2. The van der Waals surface area contributed by atoms with E-state index in [0.717, 1.165) is 10.3 Å². The molecule has 2 rings (SSSR count). The molecule has 1 heterocycles. The van der Waals surface area contributed by atoms with Crippen LogP contribution in [0.3, 0.4) is 0 Å². The molecule has 0 radical (unpaired) electrons. The molecule has 0 unspecified atom stereocenters. The van der Waals surface area contributed by atoms with Gasteiger partial charge in [0.1, 0.15) is 6.54 Å². The minimum atomic E-state index is -0.449. The minimum absolute atomic E-state index is 0.313. The first kappa shape index (κ1) is 26.6. The fourth-order valence-electron chi connectivity index (χ4n) is 3.19. The highest BCUT2D eigenvalue weighted by molar-refractivity contribution is 5.91. The van der Waals surface area contributed by atoms with E-state index in [1.807, 2.05) is 44.2 Å². The molecule has 0 spiro atoms. The van der Waals surface area contributed by atoms with Crippen molar-refractivity contribution in [1.29, 1.82) is 0 Å². The number of hydrogen-bond acceptors (Lipinski definition) is 5. The van der Waals surface area contributed by atoms with Crippen LogP contribution in [-0.2, 0) is 11.3 Å². The highest BCUT2D eigenvalue weighted by atomic mass is 16.5. The Hall–Kier alpha value is -4.65. The topological polar surface area (TPSA) is 99.2 Å². The fraction of sp³-hybridized carbons (Fsp3) is 0.107. The lowest BCUT2D eigenvalue weighted by atomic mass is 10.0. The van der Waals surface area contributed by atoms with E-state index in [1.165, 1.54) is 6.26 Å². The molecule has 0 saturated carbocycles. The molecular formula is C28H30N4O3. The second-order valence-electron chi connectivity index (χ2n) is 7.17. The Morgan fingerprint density at radius 3 is 2.57 bits per heavy atom. The number of amides is 1. The van der Waals surface area contributed by atoms with Crippen LogP contribution in [0, 0.1) is 0 Å². The van der Waals surface area contributed by atoms with Crippen molar-refractivity contribution in [3.63, 3.8) is 0 Å². The van der Waals surface area contributed by atoms with E-state index < -0.39 is 11.5 Å². The van der Waals surface area contributed by atoms with Crippen molar-refractivity contribution in [2.75, 3.05) is 11.1 Å². The van der Waals surface area contributed by atoms with Crippen molar-refractivity contribution in [3.8, 4) is 5.75 Å². The predicted molar refractivity (Wildman–Crippen MR) is 146 cm³/mol. The summed E-state index contributed by atoms with van der Waals surface area (Å²) >= 11 is 0. The van der Waals surface area contributed by atoms with Gasteiger partial charge in [0.2, 0.25) is 5.91 Å². The number of nitrogens with one attached hydrogen (secondary N) is 1. The van der Waals surface area contributed by atoms with E-state index in [4.69, 9.17) is 10.5 Å². The van der Waals surface area contributed by atoms with Crippen molar-refractivity contribution in [2.24, 2.45) is 0 Å². The standard InChI is InChI=1S/C28H30N4O3/c1-6-11-14-20(13-8-3)27-22(9-4)23(15-12-7-2)28(34)32(31-27)19-26(33)30-21-16-17-24(29)25(18-21)35-10-5/h6-18H,2,4-5,19,29H2,1,3H3,(H,30,33)/b11-6-,13-8-,15-12-,20-14+. The van der Waals surface area contributed by atoms with E-state index in [0.29, 0.717) is 33.9 Å². The molecule has 1 amide bonds. The van der Waals surface area contributed by atoms with Gasteiger partial charge in [-0.25, -0.2) is 4.68 Å². The molecule has 0 bridgehead atoms. The monoisotopic (exact) mass is 470 g/mol. The highest BCUT2D eigenvalue weighted by Crippen LogP contribution is 2.26. The first-order valence-corrected chi connectivity index (χ1v) is 10.9. The first-order chi connectivity index (χ1) is 16.9. The summed E-state index contributed by atoms with van der Waals surface area (Å²) in [6, 6.07) is 4.80. The maximum Gasteiger partial charge on any atom is 0.275 e.